The molecule has 0 heterocycles. The molecule has 0 saturated carbocycles. The Hall–Kier alpha value is -0.850. The summed E-state index contributed by atoms with van der Waals surface area (Å²) in [6, 6.07) is 0.0446. The predicted molar refractivity (Wildman–Crippen MR) is 79.0 cm³/mol. The topological polar surface area (TPSA) is 68.8 Å². The van der Waals surface area contributed by atoms with Crippen LogP contribution in [0.3, 0.4) is 0 Å². The van der Waals surface area contributed by atoms with Crippen molar-refractivity contribution in [3.8, 4) is 0 Å². The number of carbonyl (C=O) groups excluding carboxylic acids is 1. The second-order valence-corrected chi connectivity index (χ2v) is 5.15. The van der Waals surface area contributed by atoms with Crippen molar-refractivity contribution in [2.75, 3.05) is 46.7 Å². The summed E-state index contributed by atoms with van der Waals surface area (Å²) >= 11 is 0. The zero-order valence-corrected chi connectivity index (χ0v) is 13.2. The van der Waals surface area contributed by atoms with Crippen molar-refractivity contribution in [2.45, 2.75) is 33.2 Å². The van der Waals surface area contributed by atoms with Gasteiger partial charge in [-0.15, -0.1) is 0 Å². The van der Waals surface area contributed by atoms with Crippen LogP contribution in [-0.2, 0) is 14.2 Å². The third kappa shape index (κ3) is 13.6. The molecule has 0 spiro atoms. The van der Waals surface area contributed by atoms with Crippen LogP contribution in [-0.4, -0.2) is 58.8 Å². The second-order valence-electron chi connectivity index (χ2n) is 5.15. The normalized spacial score (nSPS) is 12.4. The Morgan fingerprint density at radius 2 is 1.60 bits per heavy atom. The standard InChI is InChI=1S/C14H30N2O4/c1-12(2)11-13(3)16-14(17)15-5-6-19-9-10-20-8-7-18-4/h12-13H,5-11H2,1-4H3,(H2,15,16,17). The molecule has 0 bridgehead atoms. The van der Waals surface area contributed by atoms with Crippen LogP contribution >= 0.6 is 0 Å². The molecule has 2 amide bonds. The van der Waals surface area contributed by atoms with Gasteiger partial charge in [-0.25, -0.2) is 4.79 Å². The Morgan fingerprint density at radius 3 is 2.20 bits per heavy atom. The molecule has 0 radical (unpaired) electrons. The molecule has 0 aromatic heterocycles. The maximum absolute atomic E-state index is 11.5. The summed E-state index contributed by atoms with van der Waals surface area (Å²) in [4.78, 5) is 11.5. The van der Waals surface area contributed by atoms with Gasteiger partial charge in [-0.05, 0) is 19.3 Å². The number of amides is 2. The maximum Gasteiger partial charge on any atom is 0.315 e. The van der Waals surface area contributed by atoms with E-state index in [1.165, 1.54) is 0 Å². The molecule has 1 atom stereocenters. The van der Waals surface area contributed by atoms with Gasteiger partial charge >= 0.3 is 6.03 Å². The summed E-state index contributed by atoms with van der Waals surface area (Å²) in [6.45, 7) is 9.50. The molecule has 0 aromatic rings. The molecule has 0 fully saturated rings. The zero-order chi connectivity index (χ0) is 15.2. The van der Waals surface area contributed by atoms with Gasteiger partial charge in [0.05, 0.1) is 33.0 Å². The minimum Gasteiger partial charge on any atom is -0.382 e. The number of rotatable bonds is 12. The van der Waals surface area contributed by atoms with E-state index in [0.717, 1.165) is 6.42 Å². The van der Waals surface area contributed by atoms with Gasteiger partial charge in [-0.1, -0.05) is 13.8 Å². The molecule has 120 valence electrons. The third-order valence-corrected chi connectivity index (χ3v) is 2.54. The third-order valence-electron chi connectivity index (χ3n) is 2.54. The van der Waals surface area contributed by atoms with E-state index in [1.54, 1.807) is 7.11 Å². The molecule has 0 aliphatic heterocycles. The first kappa shape index (κ1) is 19.1. The Kier molecular flexibility index (Phi) is 12.6. The smallest absolute Gasteiger partial charge is 0.315 e. The lowest BCUT2D eigenvalue weighted by atomic mass is 10.1. The first-order valence-electron chi connectivity index (χ1n) is 7.25. The number of nitrogens with one attached hydrogen (secondary N) is 2. The lowest BCUT2D eigenvalue weighted by molar-refractivity contribution is 0.0259. The largest absolute Gasteiger partial charge is 0.382 e. The van der Waals surface area contributed by atoms with E-state index in [1.807, 2.05) is 6.92 Å². The number of ether oxygens (including phenoxy) is 3. The van der Waals surface area contributed by atoms with E-state index in [9.17, 15) is 4.79 Å². The highest BCUT2D eigenvalue weighted by atomic mass is 16.5. The van der Waals surface area contributed by atoms with Gasteiger partial charge in [0.2, 0.25) is 0 Å². The van der Waals surface area contributed by atoms with Crippen LogP contribution in [0.1, 0.15) is 27.2 Å². The van der Waals surface area contributed by atoms with Crippen molar-refractivity contribution >= 4 is 6.03 Å². The number of hydrogen-bond acceptors (Lipinski definition) is 4. The van der Waals surface area contributed by atoms with E-state index in [-0.39, 0.29) is 12.1 Å². The van der Waals surface area contributed by atoms with Gasteiger partial charge in [-0.3, -0.25) is 0 Å². The van der Waals surface area contributed by atoms with E-state index < -0.39 is 0 Å². The number of hydrogen-bond donors (Lipinski definition) is 2. The van der Waals surface area contributed by atoms with Crippen LogP contribution in [0.25, 0.3) is 0 Å². The molecule has 20 heavy (non-hydrogen) atoms. The molecule has 2 N–H and O–H groups in total. The Bertz CT molecular complexity index is 237. The van der Waals surface area contributed by atoms with Gasteiger partial charge in [0.25, 0.3) is 0 Å². The predicted octanol–water partition coefficient (Wildman–Crippen LogP) is 1.40. The Morgan fingerprint density at radius 1 is 1.00 bits per heavy atom. The molecule has 6 nitrogen and oxygen atoms in total. The number of methoxy groups -OCH3 is 1. The lowest BCUT2D eigenvalue weighted by Crippen LogP contribution is -2.42. The van der Waals surface area contributed by atoms with E-state index in [0.29, 0.717) is 45.5 Å². The van der Waals surface area contributed by atoms with Gasteiger partial charge in [0.1, 0.15) is 0 Å². The number of carbonyl (C=O) groups is 1. The monoisotopic (exact) mass is 290 g/mol. The van der Waals surface area contributed by atoms with Crippen molar-refractivity contribution < 1.29 is 19.0 Å². The van der Waals surface area contributed by atoms with Crippen molar-refractivity contribution in [1.29, 1.82) is 0 Å². The van der Waals surface area contributed by atoms with Gasteiger partial charge in [0, 0.05) is 19.7 Å². The molecule has 0 rings (SSSR count). The van der Waals surface area contributed by atoms with Gasteiger partial charge < -0.3 is 24.8 Å². The summed E-state index contributed by atoms with van der Waals surface area (Å²) in [5, 5.41) is 5.65. The molecule has 0 saturated heterocycles. The molecule has 0 aromatic carbocycles. The average Bonchev–Trinajstić information content (AvgIpc) is 2.35. The van der Waals surface area contributed by atoms with E-state index in [4.69, 9.17) is 14.2 Å². The molecule has 1 unspecified atom stereocenters. The maximum atomic E-state index is 11.5. The summed E-state index contributed by atoms with van der Waals surface area (Å²) in [7, 11) is 1.64. The van der Waals surface area contributed by atoms with E-state index in [2.05, 4.69) is 24.5 Å². The lowest BCUT2D eigenvalue weighted by Gasteiger charge is -2.16. The highest BCUT2D eigenvalue weighted by Crippen LogP contribution is 2.03. The molecule has 6 heteroatoms. The fourth-order valence-corrected chi connectivity index (χ4v) is 1.74. The molecular weight excluding hydrogens is 260 g/mol. The summed E-state index contributed by atoms with van der Waals surface area (Å²) in [5.74, 6) is 0.576. The van der Waals surface area contributed by atoms with Crippen LogP contribution in [0.15, 0.2) is 0 Å². The van der Waals surface area contributed by atoms with E-state index >= 15 is 0 Å². The van der Waals surface area contributed by atoms with Crippen molar-refractivity contribution in [2.24, 2.45) is 5.92 Å². The number of urea groups is 1. The van der Waals surface area contributed by atoms with Crippen molar-refractivity contribution in [3.05, 3.63) is 0 Å². The van der Waals surface area contributed by atoms with Gasteiger partial charge in [0.15, 0.2) is 0 Å². The van der Waals surface area contributed by atoms with Crippen molar-refractivity contribution in [3.63, 3.8) is 0 Å². The molecule has 0 aliphatic rings. The van der Waals surface area contributed by atoms with Crippen LogP contribution in [0.5, 0.6) is 0 Å². The minimum atomic E-state index is -0.141. The SMILES string of the molecule is COCCOCCOCCNC(=O)NC(C)CC(C)C. The molecule has 0 aliphatic carbocycles. The summed E-state index contributed by atoms with van der Waals surface area (Å²) < 4.78 is 15.4. The van der Waals surface area contributed by atoms with Crippen LogP contribution in [0.2, 0.25) is 0 Å². The first-order valence-corrected chi connectivity index (χ1v) is 7.25. The summed E-state index contributed by atoms with van der Waals surface area (Å²) in [6.07, 6.45) is 0.975. The van der Waals surface area contributed by atoms with Crippen molar-refractivity contribution in [1.82, 2.24) is 10.6 Å². The highest BCUT2D eigenvalue weighted by Gasteiger charge is 2.07. The van der Waals surface area contributed by atoms with Crippen LogP contribution in [0, 0.1) is 5.92 Å². The Balaban J connectivity index is 3.31. The highest BCUT2D eigenvalue weighted by molar-refractivity contribution is 5.74. The minimum absolute atomic E-state index is 0.141. The fraction of sp³-hybridized carbons (Fsp3) is 0.929. The molecular formula is C14H30N2O4. The Labute approximate surface area is 122 Å². The fourth-order valence-electron chi connectivity index (χ4n) is 1.74. The first-order chi connectivity index (χ1) is 9.56. The van der Waals surface area contributed by atoms with Crippen LogP contribution < -0.4 is 10.6 Å². The summed E-state index contributed by atoms with van der Waals surface area (Å²) in [5.41, 5.74) is 0. The van der Waals surface area contributed by atoms with Gasteiger partial charge in [-0.2, -0.15) is 0 Å². The zero-order valence-electron chi connectivity index (χ0n) is 13.2. The quantitative estimate of drug-likeness (QED) is 0.533. The average molecular weight is 290 g/mol. The second kappa shape index (κ2) is 13.1. The van der Waals surface area contributed by atoms with Crippen LogP contribution in [0.4, 0.5) is 4.79 Å².